The van der Waals surface area contributed by atoms with Crippen LogP contribution >= 0.6 is 0 Å². The number of fused-ring (bicyclic) bond motifs is 1. The van der Waals surface area contributed by atoms with Crippen LogP contribution in [0.1, 0.15) is 45.4 Å². The van der Waals surface area contributed by atoms with Gasteiger partial charge < -0.3 is 0 Å². The van der Waals surface area contributed by atoms with E-state index in [-0.39, 0.29) is 5.31 Å². The van der Waals surface area contributed by atoms with Crippen molar-refractivity contribution in [2.75, 3.05) is 0 Å². The molecule has 2 aliphatic rings. The largest absolute Gasteiger partial charge is 0.0746 e. The van der Waals surface area contributed by atoms with Gasteiger partial charge in [-0.05, 0) is 18.3 Å². The van der Waals surface area contributed by atoms with Crippen molar-refractivity contribution < 1.29 is 0 Å². The topological polar surface area (TPSA) is 0 Å². The van der Waals surface area contributed by atoms with Crippen LogP contribution in [0, 0.1) is 11.8 Å². The highest BCUT2D eigenvalue weighted by Gasteiger charge is 2.41. The van der Waals surface area contributed by atoms with Crippen molar-refractivity contribution in [3.8, 4) is 0 Å². The Bertz CT molecular complexity index is 151. The van der Waals surface area contributed by atoms with E-state index in [0.29, 0.717) is 0 Å². The smallest absolute Gasteiger partial charge is 0.0674 e. The second-order valence-corrected chi connectivity index (χ2v) is 4.70. The molecule has 0 bridgehead atoms. The van der Waals surface area contributed by atoms with Crippen molar-refractivity contribution in [2.24, 2.45) is 11.8 Å². The van der Waals surface area contributed by atoms with E-state index in [4.69, 9.17) is 7.85 Å². The molecule has 0 aromatic heterocycles. The molecule has 0 saturated heterocycles. The molecule has 60 valence electrons. The summed E-state index contributed by atoms with van der Waals surface area (Å²) in [5, 5.41) is 0.180. The van der Waals surface area contributed by atoms with Gasteiger partial charge in [0.05, 0.1) is 7.85 Å². The maximum Gasteiger partial charge on any atom is 0.0746 e. The Morgan fingerprint density at radius 3 is 2.64 bits per heavy atom. The molecule has 1 heteroatoms. The van der Waals surface area contributed by atoms with Gasteiger partial charge in [-0.1, -0.05) is 44.3 Å². The maximum absolute atomic E-state index is 6.26. The van der Waals surface area contributed by atoms with Gasteiger partial charge in [0.15, 0.2) is 0 Å². The van der Waals surface area contributed by atoms with E-state index in [1.54, 1.807) is 0 Å². The molecule has 2 saturated carbocycles. The third-order valence-corrected chi connectivity index (χ3v) is 3.80. The monoisotopic (exact) mass is 148 g/mol. The van der Waals surface area contributed by atoms with E-state index in [1.165, 1.54) is 38.5 Å². The first-order valence-corrected chi connectivity index (χ1v) is 4.99. The first kappa shape index (κ1) is 7.70. The fraction of sp³-hybridized carbons (Fsp3) is 1.00. The minimum Gasteiger partial charge on any atom is -0.0674 e. The Balaban J connectivity index is 2.09. The molecule has 0 aliphatic heterocycles. The summed E-state index contributed by atoms with van der Waals surface area (Å²) in [6.45, 7) is 2.26. The second-order valence-electron chi connectivity index (χ2n) is 4.70. The summed E-state index contributed by atoms with van der Waals surface area (Å²) in [6, 6.07) is 0. The molecule has 0 nitrogen and oxygen atoms in total. The van der Waals surface area contributed by atoms with Gasteiger partial charge in [0.2, 0.25) is 0 Å². The molecule has 0 aromatic rings. The summed E-state index contributed by atoms with van der Waals surface area (Å²) >= 11 is 0. The van der Waals surface area contributed by atoms with Crippen molar-refractivity contribution in [1.82, 2.24) is 0 Å². The third kappa shape index (κ3) is 1.23. The van der Waals surface area contributed by atoms with Crippen LogP contribution in [0.5, 0.6) is 0 Å². The first-order chi connectivity index (χ1) is 5.20. The summed E-state index contributed by atoms with van der Waals surface area (Å²) in [4.78, 5) is 0. The summed E-state index contributed by atoms with van der Waals surface area (Å²) < 4.78 is 0. The molecule has 2 aliphatic carbocycles. The Kier molecular flexibility index (Phi) is 1.77. The molecule has 2 radical (unpaired) electrons. The molecular weight excluding hydrogens is 131 g/mol. The van der Waals surface area contributed by atoms with Crippen LogP contribution in [0.2, 0.25) is 5.31 Å². The first-order valence-electron chi connectivity index (χ1n) is 4.99. The maximum atomic E-state index is 6.26. The van der Waals surface area contributed by atoms with E-state index in [1.807, 2.05) is 0 Å². The van der Waals surface area contributed by atoms with Crippen LogP contribution < -0.4 is 0 Å². The molecule has 0 spiro atoms. The van der Waals surface area contributed by atoms with E-state index >= 15 is 0 Å². The Hall–Kier alpha value is 0.0649. The van der Waals surface area contributed by atoms with Crippen LogP contribution in [0.15, 0.2) is 0 Å². The highest BCUT2D eigenvalue weighted by atomic mass is 14.4. The van der Waals surface area contributed by atoms with E-state index in [2.05, 4.69) is 6.92 Å². The number of rotatable bonds is 0. The molecule has 0 amide bonds. The normalized spacial score (nSPS) is 50.6. The lowest BCUT2D eigenvalue weighted by Crippen LogP contribution is -2.34. The van der Waals surface area contributed by atoms with Crippen LogP contribution in [-0.2, 0) is 0 Å². The van der Waals surface area contributed by atoms with E-state index in [9.17, 15) is 0 Å². The molecule has 0 N–H and O–H groups in total. The van der Waals surface area contributed by atoms with Crippen molar-refractivity contribution >= 4 is 7.85 Å². The summed E-state index contributed by atoms with van der Waals surface area (Å²) in [5.74, 6) is 1.86. The molecule has 2 rings (SSSR count). The van der Waals surface area contributed by atoms with Gasteiger partial charge in [-0.25, -0.2) is 0 Å². The van der Waals surface area contributed by atoms with E-state index in [0.717, 1.165) is 11.8 Å². The molecule has 11 heavy (non-hydrogen) atoms. The van der Waals surface area contributed by atoms with Crippen LogP contribution in [-0.4, -0.2) is 7.85 Å². The quantitative estimate of drug-likeness (QED) is 0.463. The molecule has 3 atom stereocenters. The van der Waals surface area contributed by atoms with Gasteiger partial charge in [-0.3, -0.25) is 0 Å². The van der Waals surface area contributed by atoms with Gasteiger partial charge >= 0.3 is 0 Å². The summed E-state index contributed by atoms with van der Waals surface area (Å²) in [5.41, 5.74) is 0. The van der Waals surface area contributed by atoms with Gasteiger partial charge in [-0.2, -0.15) is 0 Å². The summed E-state index contributed by atoms with van der Waals surface area (Å²) in [7, 11) is 6.26. The SMILES string of the molecule is [B][C@@]1(C)CCCC[C@@H]2CCC21. The van der Waals surface area contributed by atoms with Crippen molar-refractivity contribution in [1.29, 1.82) is 0 Å². The zero-order valence-corrected chi connectivity index (χ0v) is 7.47. The van der Waals surface area contributed by atoms with Gasteiger partial charge in [-0.15, -0.1) is 0 Å². The fourth-order valence-electron chi connectivity index (χ4n) is 2.88. The molecule has 0 heterocycles. The average molecular weight is 148 g/mol. The van der Waals surface area contributed by atoms with Gasteiger partial charge in [0.25, 0.3) is 0 Å². The minimum atomic E-state index is 0.180. The minimum absolute atomic E-state index is 0.180. The lowest BCUT2D eigenvalue weighted by Gasteiger charge is -2.46. The second kappa shape index (κ2) is 2.53. The third-order valence-electron chi connectivity index (χ3n) is 3.80. The van der Waals surface area contributed by atoms with Gasteiger partial charge in [0, 0.05) is 0 Å². The standard InChI is InChI=1S/C10H17B/c1-10(11)7-3-2-4-8-5-6-9(8)10/h8-9H,2-7H2,1H3/t8-,9?,10+/m1/s1. The number of hydrogen-bond donors (Lipinski definition) is 0. The Morgan fingerprint density at radius 2 is 2.00 bits per heavy atom. The van der Waals surface area contributed by atoms with Gasteiger partial charge in [0.1, 0.15) is 0 Å². The van der Waals surface area contributed by atoms with Crippen LogP contribution in [0.4, 0.5) is 0 Å². The van der Waals surface area contributed by atoms with Crippen molar-refractivity contribution in [3.05, 3.63) is 0 Å². The van der Waals surface area contributed by atoms with Crippen LogP contribution in [0.3, 0.4) is 0 Å². The highest BCUT2D eigenvalue weighted by Crippen LogP contribution is 2.55. The lowest BCUT2D eigenvalue weighted by atomic mass is 9.51. The summed E-state index contributed by atoms with van der Waals surface area (Å²) in [6.07, 6.45) is 8.36. The molecule has 1 unspecified atom stereocenters. The Labute approximate surface area is 71.2 Å². The van der Waals surface area contributed by atoms with Crippen LogP contribution in [0.25, 0.3) is 0 Å². The fourth-order valence-corrected chi connectivity index (χ4v) is 2.88. The predicted octanol–water partition coefficient (Wildman–Crippen LogP) is 2.93. The van der Waals surface area contributed by atoms with E-state index < -0.39 is 0 Å². The van der Waals surface area contributed by atoms with Crippen molar-refractivity contribution in [2.45, 2.75) is 50.8 Å². The molecular formula is C10H17B. The molecule has 2 fully saturated rings. The zero-order valence-electron chi connectivity index (χ0n) is 7.47. The zero-order chi connectivity index (χ0) is 7.90. The predicted molar refractivity (Wildman–Crippen MR) is 48.8 cm³/mol. The average Bonchev–Trinajstić information content (AvgIpc) is 1.89. The van der Waals surface area contributed by atoms with Crippen molar-refractivity contribution in [3.63, 3.8) is 0 Å². The molecule has 0 aromatic carbocycles. The Morgan fingerprint density at radius 1 is 1.18 bits per heavy atom. The number of hydrogen-bond acceptors (Lipinski definition) is 0. The lowest BCUT2D eigenvalue weighted by molar-refractivity contribution is 0.127. The highest BCUT2D eigenvalue weighted by molar-refractivity contribution is 6.15.